The van der Waals surface area contributed by atoms with Crippen LogP contribution in [0.4, 0.5) is 5.69 Å². The number of amides is 2. The van der Waals surface area contributed by atoms with Gasteiger partial charge in [0.25, 0.3) is 11.8 Å². The number of methoxy groups -OCH3 is 1. The molecule has 0 atom stereocenters. The summed E-state index contributed by atoms with van der Waals surface area (Å²) in [6, 6.07) is 10.9. The molecule has 9 heteroatoms. The first kappa shape index (κ1) is 24.1. The highest BCUT2D eigenvalue weighted by molar-refractivity contribution is 7.80. The van der Waals surface area contributed by atoms with E-state index in [-0.39, 0.29) is 16.7 Å². The Morgan fingerprint density at radius 2 is 1.86 bits per heavy atom. The van der Waals surface area contributed by atoms with Crippen LogP contribution >= 0.6 is 23.6 Å². The van der Waals surface area contributed by atoms with Crippen LogP contribution in [-0.4, -0.2) is 34.6 Å². The molecule has 0 saturated carbocycles. The standard InChI is InChI=1S/C27H25N3O4S2/c1-15-13-17(14-20-23(31)28-27(35)30(24(20)32)18-9-5-4-6-10-18)16(2)29(15)25-22(26(33)34-3)19-11-7-8-12-21(19)36-25/h4-6,9-10,13-14H,7-8,11-12H2,1-3H3,(H,28,31,35)/b20-14+. The summed E-state index contributed by atoms with van der Waals surface area (Å²) in [5.41, 5.74) is 4.70. The number of ether oxygens (including phenoxy) is 1. The second-order valence-corrected chi connectivity index (χ2v) is 10.3. The zero-order chi connectivity index (χ0) is 25.6. The van der Waals surface area contributed by atoms with Gasteiger partial charge in [0.15, 0.2) is 5.11 Å². The van der Waals surface area contributed by atoms with Crippen molar-refractivity contribution in [2.24, 2.45) is 0 Å². The van der Waals surface area contributed by atoms with E-state index < -0.39 is 11.8 Å². The number of fused-ring (bicyclic) bond motifs is 1. The summed E-state index contributed by atoms with van der Waals surface area (Å²) in [6.07, 6.45) is 5.55. The van der Waals surface area contributed by atoms with Crippen molar-refractivity contribution in [1.82, 2.24) is 9.88 Å². The molecule has 2 aromatic heterocycles. The van der Waals surface area contributed by atoms with Gasteiger partial charge in [0.05, 0.1) is 18.4 Å². The fraction of sp³-hybridized carbons (Fsp3) is 0.259. The normalized spacial score (nSPS) is 16.8. The van der Waals surface area contributed by atoms with Crippen LogP contribution in [0.15, 0.2) is 42.0 Å². The molecular weight excluding hydrogens is 494 g/mol. The van der Waals surface area contributed by atoms with Gasteiger partial charge in [-0.1, -0.05) is 18.2 Å². The molecule has 1 aliphatic heterocycles. The Morgan fingerprint density at radius 3 is 2.58 bits per heavy atom. The second kappa shape index (κ2) is 9.48. The number of nitrogens with one attached hydrogen (secondary N) is 1. The van der Waals surface area contributed by atoms with Gasteiger partial charge in [0, 0.05) is 16.3 Å². The average molecular weight is 520 g/mol. The van der Waals surface area contributed by atoms with Gasteiger partial charge < -0.3 is 9.30 Å². The average Bonchev–Trinajstić information content (AvgIpc) is 3.37. The van der Waals surface area contributed by atoms with Crippen LogP contribution in [0.25, 0.3) is 11.1 Å². The van der Waals surface area contributed by atoms with Crippen molar-refractivity contribution in [2.75, 3.05) is 12.0 Å². The number of anilines is 1. The van der Waals surface area contributed by atoms with Crippen LogP contribution in [0, 0.1) is 13.8 Å². The molecule has 2 amide bonds. The smallest absolute Gasteiger partial charge is 0.341 e. The predicted octanol–water partition coefficient (Wildman–Crippen LogP) is 4.65. The summed E-state index contributed by atoms with van der Waals surface area (Å²) in [5.74, 6) is -1.36. The lowest BCUT2D eigenvalue weighted by Crippen LogP contribution is -2.54. The first-order valence-electron chi connectivity index (χ1n) is 11.7. The van der Waals surface area contributed by atoms with Gasteiger partial charge in [-0.05, 0) is 87.2 Å². The van der Waals surface area contributed by atoms with Crippen molar-refractivity contribution in [2.45, 2.75) is 39.5 Å². The third kappa shape index (κ3) is 3.98. The van der Waals surface area contributed by atoms with Crippen LogP contribution in [0.2, 0.25) is 0 Å². The molecule has 5 rings (SSSR count). The Bertz CT molecular complexity index is 1450. The number of nitrogens with zero attached hydrogens (tertiary/aromatic N) is 2. The van der Waals surface area contributed by atoms with Gasteiger partial charge in [0.1, 0.15) is 10.6 Å². The fourth-order valence-corrected chi connectivity index (χ4v) is 6.66. The summed E-state index contributed by atoms with van der Waals surface area (Å²) < 4.78 is 7.17. The highest BCUT2D eigenvalue weighted by atomic mass is 32.1. The van der Waals surface area contributed by atoms with E-state index >= 15 is 0 Å². The van der Waals surface area contributed by atoms with E-state index in [0.717, 1.165) is 47.6 Å². The molecule has 3 aromatic rings. The van der Waals surface area contributed by atoms with Crippen LogP contribution in [0.1, 0.15) is 50.6 Å². The summed E-state index contributed by atoms with van der Waals surface area (Å²) in [7, 11) is 1.40. The Hall–Kier alpha value is -3.56. The van der Waals surface area contributed by atoms with Crippen LogP contribution < -0.4 is 10.2 Å². The van der Waals surface area contributed by atoms with Gasteiger partial charge in [-0.25, -0.2) is 4.79 Å². The number of carbonyl (C=O) groups excluding carboxylic acids is 3. The van der Waals surface area contributed by atoms with Gasteiger partial charge in [-0.2, -0.15) is 0 Å². The van der Waals surface area contributed by atoms with Gasteiger partial charge in [-0.3, -0.25) is 19.8 Å². The number of rotatable bonds is 4. The molecule has 36 heavy (non-hydrogen) atoms. The maximum Gasteiger partial charge on any atom is 0.341 e. The molecule has 0 radical (unpaired) electrons. The summed E-state index contributed by atoms with van der Waals surface area (Å²) in [6.45, 7) is 3.87. The molecule has 2 aliphatic rings. The predicted molar refractivity (Wildman–Crippen MR) is 144 cm³/mol. The molecule has 7 nitrogen and oxygen atoms in total. The lowest BCUT2D eigenvalue weighted by atomic mass is 9.95. The maximum atomic E-state index is 13.4. The van der Waals surface area contributed by atoms with E-state index in [1.165, 1.54) is 16.9 Å². The third-order valence-corrected chi connectivity index (χ3v) is 8.19. The topological polar surface area (TPSA) is 80.6 Å². The number of thiophene rings is 1. The first-order valence-corrected chi connectivity index (χ1v) is 12.9. The Balaban J connectivity index is 1.60. The summed E-state index contributed by atoms with van der Waals surface area (Å²) in [5, 5.41) is 3.50. The highest BCUT2D eigenvalue weighted by Gasteiger charge is 2.35. The van der Waals surface area contributed by atoms with E-state index in [1.54, 1.807) is 41.7 Å². The Morgan fingerprint density at radius 1 is 1.14 bits per heavy atom. The molecule has 3 heterocycles. The number of thiocarbonyl (C=S) groups is 1. The van der Waals surface area contributed by atoms with Crippen molar-refractivity contribution >= 4 is 58.2 Å². The van der Waals surface area contributed by atoms with Crippen LogP contribution in [0.5, 0.6) is 0 Å². The molecule has 1 saturated heterocycles. The van der Waals surface area contributed by atoms with E-state index in [4.69, 9.17) is 17.0 Å². The van der Waals surface area contributed by atoms with Crippen molar-refractivity contribution in [3.8, 4) is 5.00 Å². The number of carbonyl (C=O) groups is 3. The number of aromatic nitrogens is 1. The van der Waals surface area contributed by atoms with Gasteiger partial charge >= 0.3 is 5.97 Å². The third-order valence-electron chi connectivity index (χ3n) is 6.63. The van der Waals surface area contributed by atoms with Crippen LogP contribution in [0.3, 0.4) is 0 Å². The second-order valence-electron chi connectivity index (χ2n) is 8.84. The van der Waals surface area contributed by atoms with Crippen LogP contribution in [-0.2, 0) is 27.2 Å². The minimum absolute atomic E-state index is 0.00799. The highest BCUT2D eigenvalue weighted by Crippen LogP contribution is 2.39. The van der Waals surface area contributed by atoms with E-state index in [1.807, 2.05) is 30.5 Å². The molecule has 1 fully saturated rings. The first-order chi connectivity index (χ1) is 17.3. The van der Waals surface area contributed by atoms with E-state index in [0.29, 0.717) is 16.8 Å². The molecule has 1 aromatic carbocycles. The lowest BCUT2D eigenvalue weighted by molar-refractivity contribution is -0.122. The number of esters is 1. The molecule has 1 N–H and O–H groups in total. The minimum Gasteiger partial charge on any atom is -0.465 e. The van der Waals surface area contributed by atoms with Gasteiger partial charge in [-0.15, -0.1) is 11.3 Å². The summed E-state index contributed by atoms with van der Waals surface area (Å²) >= 11 is 6.90. The Labute approximate surface area is 218 Å². The SMILES string of the molecule is COC(=O)c1c(-n2c(C)cc(/C=C3\C(=O)NC(=S)N(c4ccccc4)C3=O)c2C)sc2c1CCCC2. The van der Waals surface area contributed by atoms with Crippen molar-refractivity contribution in [1.29, 1.82) is 0 Å². The van der Waals surface area contributed by atoms with E-state index in [2.05, 4.69) is 5.32 Å². The molecule has 1 aliphatic carbocycles. The van der Waals surface area contributed by atoms with Crippen molar-refractivity contribution in [3.63, 3.8) is 0 Å². The molecule has 0 unspecified atom stereocenters. The molecular formula is C27H25N3O4S2. The monoisotopic (exact) mass is 519 g/mol. The summed E-state index contributed by atoms with van der Waals surface area (Å²) in [4.78, 5) is 41.5. The molecule has 184 valence electrons. The van der Waals surface area contributed by atoms with E-state index in [9.17, 15) is 14.4 Å². The lowest BCUT2D eigenvalue weighted by Gasteiger charge is -2.28. The van der Waals surface area contributed by atoms with Crippen molar-refractivity contribution in [3.05, 3.63) is 74.9 Å². The number of para-hydroxylation sites is 1. The van der Waals surface area contributed by atoms with Crippen molar-refractivity contribution < 1.29 is 19.1 Å². The maximum absolute atomic E-state index is 13.4. The van der Waals surface area contributed by atoms with Gasteiger partial charge in [0.2, 0.25) is 0 Å². The molecule has 0 spiro atoms. The fourth-order valence-electron chi connectivity index (χ4n) is 4.89. The minimum atomic E-state index is -0.538. The Kier molecular flexibility index (Phi) is 6.36. The quantitative estimate of drug-likeness (QED) is 0.235. The number of aryl methyl sites for hydroxylation is 2. The number of hydrogen-bond acceptors (Lipinski definition) is 6. The zero-order valence-electron chi connectivity index (χ0n) is 20.2. The number of benzene rings is 1. The largest absolute Gasteiger partial charge is 0.465 e. The number of hydrogen-bond donors (Lipinski definition) is 1. The molecule has 0 bridgehead atoms. The zero-order valence-corrected chi connectivity index (χ0v) is 21.8.